The molecule has 1 atom stereocenters. The molecule has 0 spiro atoms. The van der Waals surface area contributed by atoms with Crippen molar-refractivity contribution < 1.29 is 8.78 Å². The van der Waals surface area contributed by atoms with Crippen LogP contribution in [-0.2, 0) is 0 Å². The quantitative estimate of drug-likeness (QED) is 0.529. The number of hydrogen-bond donors (Lipinski definition) is 1. The summed E-state index contributed by atoms with van der Waals surface area (Å²) in [7, 11) is 0. The largest absolute Gasteiger partial charge is 0.369 e. The van der Waals surface area contributed by atoms with Gasteiger partial charge in [0.1, 0.15) is 11.6 Å². The third-order valence-corrected chi connectivity index (χ3v) is 5.65. The summed E-state index contributed by atoms with van der Waals surface area (Å²) in [5.41, 5.74) is 8.91. The van der Waals surface area contributed by atoms with E-state index in [0.29, 0.717) is 5.82 Å². The third kappa shape index (κ3) is 3.72. The number of pyridine rings is 1. The average Bonchev–Trinajstić information content (AvgIpc) is 2.78. The van der Waals surface area contributed by atoms with Crippen LogP contribution in [0.1, 0.15) is 12.8 Å². The number of benzene rings is 2. The van der Waals surface area contributed by atoms with Crippen LogP contribution in [0.3, 0.4) is 0 Å². The second-order valence-electron chi connectivity index (χ2n) is 7.77. The van der Waals surface area contributed by atoms with Gasteiger partial charge in [-0.2, -0.15) is 0 Å². The zero-order valence-corrected chi connectivity index (χ0v) is 16.8. The van der Waals surface area contributed by atoms with Gasteiger partial charge in [-0.3, -0.25) is 4.98 Å². The molecule has 1 aliphatic rings. The number of aromatic nitrogens is 3. The highest BCUT2D eigenvalue weighted by atomic mass is 19.1. The summed E-state index contributed by atoms with van der Waals surface area (Å²) < 4.78 is 28.5. The van der Waals surface area contributed by atoms with Crippen molar-refractivity contribution in [1.29, 1.82) is 0 Å². The maximum atomic E-state index is 14.2. The molecule has 4 aromatic rings. The molecular weight excluding hydrogens is 396 g/mol. The summed E-state index contributed by atoms with van der Waals surface area (Å²) in [4.78, 5) is 15.6. The molecule has 2 N–H and O–H groups in total. The first-order chi connectivity index (χ1) is 15.1. The van der Waals surface area contributed by atoms with Crippen LogP contribution in [0, 0.1) is 11.6 Å². The Hall–Kier alpha value is -3.45. The number of nitrogens with zero attached hydrogens (tertiary/aromatic N) is 4. The van der Waals surface area contributed by atoms with E-state index in [2.05, 4.69) is 19.9 Å². The van der Waals surface area contributed by atoms with Crippen molar-refractivity contribution in [1.82, 2.24) is 15.0 Å². The molecule has 1 fully saturated rings. The minimum atomic E-state index is -0.656. The van der Waals surface area contributed by atoms with Gasteiger partial charge in [0.05, 0.1) is 16.8 Å². The number of anilines is 1. The lowest BCUT2D eigenvalue weighted by Gasteiger charge is -2.33. The van der Waals surface area contributed by atoms with Crippen LogP contribution in [0.15, 0.2) is 60.9 Å². The lowest BCUT2D eigenvalue weighted by atomic mass is 10.0. The molecule has 0 saturated carbocycles. The van der Waals surface area contributed by atoms with Crippen molar-refractivity contribution in [2.24, 2.45) is 5.73 Å². The summed E-state index contributed by atoms with van der Waals surface area (Å²) in [5, 5.41) is 0.972. The van der Waals surface area contributed by atoms with Crippen molar-refractivity contribution in [2.75, 3.05) is 18.0 Å². The first kappa shape index (κ1) is 19.5. The normalized spacial score (nSPS) is 16.6. The Bertz CT molecular complexity index is 1240. The van der Waals surface area contributed by atoms with Crippen LogP contribution >= 0.6 is 0 Å². The van der Waals surface area contributed by atoms with E-state index >= 15 is 0 Å². The van der Waals surface area contributed by atoms with Gasteiger partial charge in [-0.1, -0.05) is 6.07 Å². The SMILES string of the molecule is NC1CCCN(c2ccnc3ccc(-c4nccc(-c5c(F)cccc5F)n4)cc23)C1. The average molecular weight is 417 g/mol. The number of rotatable bonds is 3. The highest BCUT2D eigenvalue weighted by Crippen LogP contribution is 2.31. The van der Waals surface area contributed by atoms with E-state index in [1.54, 1.807) is 6.20 Å². The van der Waals surface area contributed by atoms with Gasteiger partial charge in [-0.05, 0) is 55.3 Å². The van der Waals surface area contributed by atoms with Gasteiger partial charge in [-0.15, -0.1) is 0 Å². The van der Waals surface area contributed by atoms with Crippen molar-refractivity contribution in [2.45, 2.75) is 18.9 Å². The number of piperidine rings is 1. The summed E-state index contributed by atoms with van der Waals surface area (Å²) in [6.45, 7) is 1.73. The molecule has 1 unspecified atom stereocenters. The molecular formula is C24H21F2N5. The summed E-state index contributed by atoms with van der Waals surface area (Å²) >= 11 is 0. The fourth-order valence-electron chi connectivity index (χ4n) is 4.15. The van der Waals surface area contributed by atoms with E-state index in [9.17, 15) is 8.78 Å². The van der Waals surface area contributed by atoms with E-state index in [1.165, 1.54) is 30.5 Å². The molecule has 7 heteroatoms. The first-order valence-electron chi connectivity index (χ1n) is 10.3. The molecule has 1 aliphatic heterocycles. The number of nitrogens with two attached hydrogens (primary N) is 1. The van der Waals surface area contributed by atoms with Crippen LogP contribution in [0.25, 0.3) is 33.5 Å². The van der Waals surface area contributed by atoms with Crippen LogP contribution in [0.2, 0.25) is 0 Å². The molecule has 31 heavy (non-hydrogen) atoms. The smallest absolute Gasteiger partial charge is 0.159 e. The Balaban J connectivity index is 1.59. The van der Waals surface area contributed by atoms with Gasteiger partial charge in [0.2, 0.25) is 0 Å². The van der Waals surface area contributed by atoms with Gasteiger partial charge in [0.25, 0.3) is 0 Å². The van der Waals surface area contributed by atoms with Crippen molar-refractivity contribution >= 4 is 16.6 Å². The zero-order valence-electron chi connectivity index (χ0n) is 16.8. The van der Waals surface area contributed by atoms with Crippen molar-refractivity contribution in [3.8, 4) is 22.6 Å². The van der Waals surface area contributed by atoms with E-state index in [0.717, 1.165) is 48.1 Å². The van der Waals surface area contributed by atoms with Crippen LogP contribution in [0.5, 0.6) is 0 Å². The summed E-state index contributed by atoms with van der Waals surface area (Å²) in [6.07, 6.45) is 5.39. The molecule has 5 nitrogen and oxygen atoms in total. The Morgan fingerprint density at radius 2 is 1.77 bits per heavy atom. The van der Waals surface area contributed by atoms with Gasteiger partial charge in [0, 0.05) is 48.2 Å². The molecule has 2 aromatic heterocycles. The first-order valence-corrected chi connectivity index (χ1v) is 10.3. The van der Waals surface area contributed by atoms with Gasteiger partial charge in [-0.25, -0.2) is 18.7 Å². The number of halogens is 2. The maximum absolute atomic E-state index is 14.2. The lowest BCUT2D eigenvalue weighted by molar-refractivity contribution is 0.507. The monoisotopic (exact) mass is 417 g/mol. The van der Waals surface area contributed by atoms with Crippen molar-refractivity contribution in [3.63, 3.8) is 0 Å². The number of hydrogen-bond acceptors (Lipinski definition) is 5. The Morgan fingerprint density at radius 1 is 0.968 bits per heavy atom. The van der Waals surface area contributed by atoms with Crippen LogP contribution in [-0.4, -0.2) is 34.1 Å². The fraction of sp³-hybridized carbons (Fsp3) is 0.208. The Morgan fingerprint density at radius 3 is 2.58 bits per heavy atom. The summed E-state index contributed by atoms with van der Waals surface area (Å²) in [5.74, 6) is -0.917. The minimum Gasteiger partial charge on any atom is -0.369 e. The molecule has 0 aliphatic carbocycles. The predicted octanol–water partition coefficient (Wildman–Crippen LogP) is 4.56. The van der Waals surface area contributed by atoms with E-state index in [1.807, 2.05) is 24.3 Å². The second-order valence-corrected chi connectivity index (χ2v) is 7.77. The molecule has 156 valence electrons. The Kier molecular flexibility index (Phi) is 5.03. The topological polar surface area (TPSA) is 67.9 Å². The second kappa shape index (κ2) is 8.00. The molecule has 2 aromatic carbocycles. The summed E-state index contributed by atoms with van der Waals surface area (Å²) in [6, 6.07) is 13.2. The molecule has 0 amide bonds. The van der Waals surface area contributed by atoms with Gasteiger partial charge in [0.15, 0.2) is 5.82 Å². The maximum Gasteiger partial charge on any atom is 0.159 e. The highest BCUT2D eigenvalue weighted by molar-refractivity contribution is 5.94. The molecule has 0 bridgehead atoms. The predicted molar refractivity (Wildman–Crippen MR) is 118 cm³/mol. The minimum absolute atomic E-state index is 0.149. The molecule has 5 rings (SSSR count). The molecule has 0 radical (unpaired) electrons. The fourth-order valence-corrected chi connectivity index (χ4v) is 4.15. The molecule has 3 heterocycles. The van der Waals surface area contributed by atoms with Crippen LogP contribution in [0.4, 0.5) is 14.5 Å². The van der Waals surface area contributed by atoms with Gasteiger partial charge < -0.3 is 10.6 Å². The van der Waals surface area contributed by atoms with E-state index in [-0.39, 0.29) is 17.3 Å². The van der Waals surface area contributed by atoms with Crippen molar-refractivity contribution in [3.05, 3.63) is 72.6 Å². The Labute approximate surface area is 178 Å². The molecule has 1 saturated heterocycles. The van der Waals surface area contributed by atoms with E-state index < -0.39 is 11.6 Å². The standard InChI is InChI=1S/C24H21F2N5/c25-18-4-1-5-19(26)23(18)21-8-10-29-24(30-21)15-6-7-20-17(13-15)22(9-11-28-20)31-12-2-3-16(27)14-31/h1,4-11,13,16H,2-3,12,14,27H2. The highest BCUT2D eigenvalue weighted by Gasteiger charge is 2.19. The van der Waals surface area contributed by atoms with Gasteiger partial charge >= 0.3 is 0 Å². The number of fused-ring (bicyclic) bond motifs is 1. The zero-order chi connectivity index (χ0) is 21.4. The van der Waals surface area contributed by atoms with E-state index in [4.69, 9.17) is 5.73 Å². The lowest BCUT2D eigenvalue weighted by Crippen LogP contribution is -2.42. The third-order valence-electron chi connectivity index (χ3n) is 5.65. The van der Waals surface area contributed by atoms with Crippen LogP contribution < -0.4 is 10.6 Å².